The van der Waals surface area contributed by atoms with Crippen molar-refractivity contribution in [2.75, 3.05) is 26.8 Å². The van der Waals surface area contributed by atoms with Crippen LogP contribution in [0.5, 0.6) is 0 Å². The molecular formula is C11H18N2O2S. The number of carbonyl (C=O) groups excluding carboxylic acids is 1. The first-order valence-corrected chi connectivity index (χ1v) is 6.16. The van der Waals surface area contributed by atoms with Gasteiger partial charge in [0.2, 0.25) is 5.91 Å². The van der Waals surface area contributed by atoms with Crippen LogP contribution in [0.25, 0.3) is 0 Å². The first-order valence-electron chi connectivity index (χ1n) is 5.22. The molecule has 0 bridgehead atoms. The van der Waals surface area contributed by atoms with Crippen LogP contribution in [0, 0.1) is 6.92 Å². The smallest absolute Gasteiger partial charge is 0.234 e. The highest BCUT2D eigenvalue weighted by atomic mass is 32.1. The molecule has 0 aliphatic heterocycles. The number of rotatable bonds is 7. The second-order valence-corrected chi connectivity index (χ2v) is 4.27. The third-order valence-corrected chi connectivity index (χ3v) is 3.10. The van der Waals surface area contributed by atoms with Gasteiger partial charge in [-0.15, -0.1) is 0 Å². The number of aryl methyl sites for hydroxylation is 1. The number of hydrogen-bond donors (Lipinski definition) is 2. The third kappa shape index (κ3) is 4.74. The molecule has 1 heterocycles. The lowest BCUT2D eigenvalue weighted by Gasteiger charge is -2.06. The highest BCUT2D eigenvalue weighted by molar-refractivity contribution is 7.08. The molecule has 0 saturated heterocycles. The lowest BCUT2D eigenvalue weighted by Crippen LogP contribution is -2.35. The van der Waals surface area contributed by atoms with Gasteiger partial charge >= 0.3 is 0 Å². The van der Waals surface area contributed by atoms with Crippen LogP contribution in [0.3, 0.4) is 0 Å². The van der Waals surface area contributed by atoms with Crippen LogP contribution in [-0.2, 0) is 16.1 Å². The molecule has 5 heteroatoms. The number of nitrogens with one attached hydrogen (secondary N) is 2. The lowest BCUT2D eigenvalue weighted by molar-refractivity contribution is -0.120. The first-order chi connectivity index (χ1) is 7.74. The topological polar surface area (TPSA) is 50.4 Å². The minimum absolute atomic E-state index is 0.00457. The van der Waals surface area contributed by atoms with Crippen LogP contribution >= 0.6 is 11.3 Å². The summed E-state index contributed by atoms with van der Waals surface area (Å²) >= 11 is 1.68. The molecule has 0 unspecified atom stereocenters. The van der Waals surface area contributed by atoms with Crippen molar-refractivity contribution in [2.45, 2.75) is 13.5 Å². The lowest BCUT2D eigenvalue weighted by atomic mass is 10.2. The van der Waals surface area contributed by atoms with Gasteiger partial charge in [-0.3, -0.25) is 4.79 Å². The van der Waals surface area contributed by atoms with Gasteiger partial charge in [-0.1, -0.05) is 0 Å². The normalized spacial score (nSPS) is 10.4. The van der Waals surface area contributed by atoms with Gasteiger partial charge < -0.3 is 15.4 Å². The monoisotopic (exact) mass is 242 g/mol. The van der Waals surface area contributed by atoms with Crippen molar-refractivity contribution in [2.24, 2.45) is 0 Å². The molecule has 0 saturated carbocycles. The van der Waals surface area contributed by atoms with E-state index in [0.717, 1.165) is 6.54 Å². The molecule has 0 aromatic carbocycles. The molecule has 0 aliphatic rings. The number of ether oxygens (including phenoxy) is 1. The van der Waals surface area contributed by atoms with E-state index >= 15 is 0 Å². The van der Waals surface area contributed by atoms with E-state index in [4.69, 9.17) is 4.74 Å². The van der Waals surface area contributed by atoms with E-state index in [9.17, 15) is 4.79 Å². The SMILES string of the molecule is COCCNC(=O)CNCc1cscc1C. The average Bonchev–Trinajstić information content (AvgIpc) is 2.65. The number of amides is 1. The van der Waals surface area contributed by atoms with Gasteiger partial charge in [0.15, 0.2) is 0 Å². The van der Waals surface area contributed by atoms with Crippen molar-refractivity contribution in [1.82, 2.24) is 10.6 Å². The largest absolute Gasteiger partial charge is 0.383 e. The van der Waals surface area contributed by atoms with E-state index in [1.165, 1.54) is 11.1 Å². The van der Waals surface area contributed by atoms with Crippen LogP contribution in [0.15, 0.2) is 10.8 Å². The quantitative estimate of drug-likeness (QED) is 0.699. The summed E-state index contributed by atoms with van der Waals surface area (Å²) in [5, 5.41) is 10.1. The van der Waals surface area contributed by atoms with Crippen LogP contribution in [0.1, 0.15) is 11.1 Å². The van der Waals surface area contributed by atoms with Crippen molar-refractivity contribution in [3.63, 3.8) is 0 Å². The van der Waals surface area contributed by atoms with Gasteiger partial charge in [0.1, 0.15) is 0 Å². The van der Waals surface area contributed by atoms with Crippen LogP contribution in [-0.4, -0.2) is 32.7 Å². The van der Waals surface area contributed by atoms with E-state index in [1.54, 1.807) is 18.4 Å². The van der Waals surface area contributed by atoms with E-state index in [1.807, 2.05) is 0 Å². The highest BCUT2D eigenvalue weighted by Gasteiger charge is 2.01. The fraction of sp³-hybridized carbons (Fsp3) is 0.545. The van der Waals surface area contributed by atoms with Crippen LogP contribution in [0.4, 0.5) is 0 Å². The van der Waals surface area contributed by atoms with Crippen molar-refractivity contribution in [3.05, 3.63) is 21.9 Å². The Bertz CT molecular complexity index is 326. The maximum absolute atomic E-state index is 11.3. The zero-order valence-electron chi connectivity index (χ0n) is 9.71. The van der Waals surface area contributed by atoms with E-state index < -0.39 is 0 Å². The molecule has 0 fully saturated rings. The van der Waals surface area contributed by atoms with Gasteiger partial charge in [-0.05, 0) is 28.8 Å². The molecule has 0 aliphatic carbocycles. The molecule has 1 rings (SSSR count). The first kappa shape index (κ1) is 13.2. The highest BCUT2D eigenvalue weighted by Crippen LogP contribution is 2.12. The summed E-state index contributed by atoms with van der Waals surface area (Å²) in [5.41, 5.74) is 2.53. The Balaban J connectivity index is 2.11. The predicted octanol–water partition coefficient (Wildman–Crippen LogP) is 0.909. The summed E-state index contributed by atoms with van der Waals surface area (Å²) in [6, 6.07) is 0. The minimum Gasteiger partial charge on any atom is -0.383 e. The van der Waals surface area contributed by atoms with Crippen molar-refractivity contribution >= 4 is 17.2 Å². The Kier molecular flexibility index (Phi) is 6.07. The Labute approximate surface area is 100 Å². The molecule has 0 radical (unpaired) electrons. The predicted molar refractivity (Wildman–Crippen MR) is 65.6 cm³/mol. The Hall–Kier alpha value is -0.910. The van der Waals surface area contributed by atoms with E-state index in [2.05, 4.69) is 28.3 Å². The molecule has 1 aromatic rings. The molecule has 2 N–H and O–H groups in total. The fourth-order valence-electron chi connectivity index (χ4n) is 1.23. The van der Waals surface area contributed by atoms with Gasteiger partial charge in [0, 0.05) is 20.2 Å². The summed E-state index contributed by atoms with van der Waals surface area (Å²) < 4.78 is 4.84. The van der Waals surface area contributed by atoms with Crippen molar-refractivity contribution < 1.29 is 9.53 Å². The van der Waals surface area contributed by atoms with Crippen molar-refractivity contribution in [3.8, 4) is 0 Å². The second-order valence-electron chi connectivity index (χ2n) is 3.53. The standard InChI is InChI=1S/C11H18N2O2S/c1-9-7-16-8-10(9)5-12-6-11(14)13-3-4-15-2/h7-8,12H,3-6H2,1-2H3,(H,13,14). The number of methoxy groups -OCH3 is 1. The number of carbonyl (C=O) groups is 1. The molecule has 4 nitrogen and oxygen atoms in total. The summed E-state index contributed by atoms with van der Waals surface area (Å²) in [6.45, 7) is 4.28. The number of hydrogen-bond acceptors (Lipinski definition) is 4. The van der Waals surface area contributed by atoms with Gasteiger partial charge in [0.25, 0.3) is 0 Å². The molecule has 90 valence electrons. The van der Waals surface area contributed by atoms with E-state index in [-0.39, 0.29) is 5.91 Å². The van der Waals surface area contributed by atoms with Crippen LogP contribution in [0.2, 0.25) is 0 Å². The number of thiophene rings is 1. The molecule has 0 spiro atoms. The molecule has 1 amide bonds. The second kappa shape index (κ2) is 7.38. The summed E-state index contributed by atoms with van der Waals surface area (Å²) in [5.74, 6) is 0.00457. The Morgan fingerprint density at radius 3 is 2.94 bits per heavy atom. The van der Waals surface area contributed by atoms with E-state index in [0.29, 0.717) is 19.7 Å². The summed E-state index contributed by atoms with van der Waals surface area (Å²) in [7, 11) is 1.61. The third-order valence-electron chi connectivity index (χ3n) is 2.19. The van der Waals surface area contributed by atoms with Gasteiger partial charge in [0.05, 0.1) is 13.2 Å². The maximum Gasteiger partial charge on any atom is 0.234 e. The zero-order valence-corrected chi connectivity index (χ0v) is 10.5. The molecule has 1 aromatic heterocycles. The van der Waals surface area contributed by atoms with Gasteiger partial charge in [-0.2, -0.15) is 11.3 Å². The van der Waals surface area contributed by atoms with Crippen molar-refractivity contribution in [1.29, 1.82) is 0 Å². The summed E-state index contributed by atoms with van der Waals surface area (Å²) in [6.07, 6.45) is 0. The fourth-order valence-corrected chi connectivity index (χ4v) is 2.09. The minimum atomic E-state index is 0.00457. The Morgan fingerprint density at radius 1 is 1.50 bits per heavy atom. The maximum atomic E-state index is 11.3. The van der Waals surface area contributed by atoms with Gasteiger partial charge in [-0.25, -0.2) is 0 Å². The van der Waals surface area contributed by atoms with Crippen LogP contribution < -0.4 is 10.6 Å². The summed E-state index contributed by atoms with van der Waals surface area (Å²) in [4.78, 5) is 11.3. The Morgan fingerprint density at radius 2 is 2.31 bits per heavy atom. The average molecular weight is 242 g/mol. The molecule has 0 atom stereocenters. The molecular weight excluding hydrogens is 224 g/mol. The zero-order chi connectivity index (χ0) is 11.8. The molecule has 16 heavy (non-hydrogen) atoms.